The zero-order valence-corrected chi connectivity index (χ0v) is 13.4. The molecule has 2 aromatic heterocycles. The van der Waals surface area contributed by atoms with Gasteiger partial charge in [-0.15, -0.1) is 0 Å². The number of pyridine rings is 2. The lowest BCUT2D eigenvalue weighted by molar-refractivity contribution is 0.102. The highest BCUT2D eigenvalue weighted by Gasteiger charge is 2.23. The molecule has 3 aromatic rings. The van der Waals surface area contributed by atoms with Crippen molar-refractivity contribution in [2.75, 3.05) is 12.4 Å². The smallest absolute Gasteiger partial charge is 0.256 e. The van der Waals surface area contributed by atoms with Gasteiger partial charge in [-0.25, -0.2) is 4.98 Å². The van der Waals surface area contributed by atoms with Crippen LogP contribution in [0, 0.1) is 0 Å². The number of hydrogen-bond donors (Lipinski definition) is 1. The molecular weight excluding hydrogens is 302 g/mol. The van der Waals surface area contributed by atoms with Crippen LogP contribution in [0.15, 0.2) is 42.6 Å². The van der Waals surface area contributed by atoms with E-state index in [2.05, 4.69) is 10.3 Å². The summed E-state index contributed by atoms with van der Waals surface area (Å²) >= 11 is 0. The summed E-state index contributed by atoms with van der Waals surface area (Å²) in [5, 5.41) is 3.85. The predicted molar refractivity (Wildman–Crippen MR) is 92.5 cm³/mol. The van der Waals surface area contributed by atoms with Crippen molar-refractivity contribution in [1.29, 1.82) is 0 Å². The summed E-state index contributed by atoms with van der Waals surface area (Å²) in [6, 6.07) is 11.3. The van der Waals surface area contributed by atoms with E-state index < -0.39 is 0 Å². The van der Waals surface area contributed by atoms with E-state index in [0.29, 0.717) is 11.6 Å². The van der Waals surface area contributed by atoms with Gasteiger partial charge < -0.3 is 10.1 Å². The fraction of sp³-hybridized carbons (Fsp3) is 0.211. The van der Waals surface area contributed by atoms with E-state index in [1.165, 1.54) is 0 Å². The van der Waals surface area contributed by atoms with Crippen molar-refractivity contribution in [3.05, 3.63) is 59.4 Å². The van der Waals surface area contributed by atoms with Crippen molar-refractivity contribution in [2.45, 2.75) is 19.3 Å². The van der Waals surface area contributed by atoms with E-state index >= 15 is 0 Å². The van der Waals surface area contributed by atoms with E-state index in [0.717, 1.165) is 47.0 Å². The number of aromatic nitrogens is 2. The molecule has 1 amide bonds. The number of amides is 1. The van der Waals surface area contributed by atoms with E-state index in [1.54, 1.807) is 25.4 Å². The number of hydrogen-bond acceptors (Lipinski definition) is 4. The summed E-state index contributed by atoms with van der Waals surface area (Å²) in [5.41, 5.74) is 4.38. The Hall–Kier alpha value is -2.95. The standard InChI is InChI=1S/C19H17N3O2/c1-24-17-10-9-12(11-20-17)21-19(23)18-13-5-2-3-7-15(13)22-16-8-4-6-14(16)18/h2-3,5,7,9-11H,4,6,8H2,1H3,(H,21,23). The molecule has 120 valence electrons. The Morgan fingerprint density at radius 1 is 1.17 bits per heavy atom. The van der Waals surface area contributed by atoms with Crippen molar-refractivity contribution < 1.29 is 9.53 Å². The Bertz CT molecular complexity index is 920. The van der Waals surface area contributed by atoms with Gasteiger partial charge >= 0.3 is 0 Å². The Morgan fingerprint density at radius 3 is 2.83 bits per heavy atom. The van der Waals surface area contributed by atoms with Crippen LogP contribution in [0.5, 0.6) is 5.88 Å². The van der Waals surface area contributed by atoms with Crippen molar-refractivity contribution in [2.24, 2.45) is 0 Å². The molecule has 0 radical (unpaired) electrons. The van der Waals surface area contributed by atoms with Crippen molar-refractivity contribution in [3.63, 3.8) is 0 Å². The van der Waals surface area contributed by atoms with Crippen molar-refractivity contribution in [3.8, 4) is 5.88 Å². The highest BCUT2D eigenvalue weighted by molar-refractivity contribution is 6.13. The number of fused-ring (bicyclic) bond motifs is 2. The first-order chi connectivity index (χ1) is 11.8. The highest BCUT2D eigenvalue weighted by atomic mass is 16.5. The number of para-hydroxylation sites is 1. The van der Waals surface area contributed by atoms with Gasteiger partial charge in [0, 0.05) is 17.1 Å². The maximum absolute atomic E-state index is 12.9. The van der Waals surface area contributed by atoms with Gasteiger partial charge in [0.1, 0.15) is 0 Å². The monoisotopic (exact) mass is 319 g/mol. The lowest BCUT2D eigenvalue weighted by Crippen LogP contribution is -2.16. The minimum atomic E-state index is -0.112. The predicted octanol–water partition coefficient (Wildman–Crippen LogP) is 3.38. The van der Waals surface area contributed by atoms with E-state index in [1.807, 2.05) is 24.3 Å². The molecule has 0 saturated heterocycles. The number of nitrogens with one attached hydrogen (secondary N) is 1. The van der Waals surface area contributed by atoms with Crippen LogP contribution >= 0.6 is 0 Å². The molecule has 0 saturated carbocycles. The SMILES string of the molecule is COc1ccc(NC(=O)c2c3c(nc4ccccc24)CCC3)cn1. The average molecular weight is 319 g/mol. The summed E-state index contributed by atoms with van der Waals surface area (Å²) < 4.78 is 5.04. The molecule has 0 bridgehead atoms. The topological polar surface area (TPSA) is 64.1 Å². The molecule has 0 unspecified atom stereocenters. The van der Waals surface area contributed by atoms with E-state index in [-0.39, 0.29) is 5.91 Å². The van der Waals surface area contributed by atoms with Gasteiger partial charge in [0.2, 0.25) is 5.88 Å². The molecule has 5 nitrogen and oxygen atoms in total. The zero-order chi connectivity index (χ0) is 16.5. The molecule has 4 rings (SSSR count). The summed E-state index contributed by atoms with van der Waals surface area (Å²) in [6.07, 6.45) is 4.48. The van der Waals surface area contributed by atoms with Crippen LogP contribution in [0.1, 0.15) is 28.0 Å². The number of anilines is 1. The van der Waals surface area contributed by atoms with Gasteiger partial charge in [-0.1, -0.05) is 18.2 Å². The Labute approximate surface area is 139 Å². The molecule has 0 aliphatic heterocycles. The van der Waals surface area contributed by atoms with E-state index in [4.69, 9.17) is 9.72 Å². The van der Waals surface area contributed by atoms with Crippen LogP contribution in [-0.2, 0) is 12.8 Å². The molecule has 2 heterocycles. The van der Waals surface area contributed by atoms with E-state index in [9.17, 15) is 4.79 Å². The fourth-order valence-electron chi connectivity index (χ4n) is 3.24. The van der Waals surface area contributed by atoms with Gasteiger partial charge in [0.25, 0.3) is 5.91 Å². The Kier molecular flexibility index (Phi) is 3.61. The lowest BCUT2D eigenvalue weighted by atomic mass is 10.0. The lowest BCUT2D eigenvalue weighted by Gasteiger charge is -2.12. The van der Waals surface area contributed by atoms with Crippen LogP contribution in [0.2, 0.25) is 0 Å². The summed E-state index contributed by atoms with van der Waals surface area (Å²) in [6.45, 7) is 0. The second-order valence-corrected chi connectivity index (χ2v) is 5.83. The van der Waals surface area contributed by atoms with Crippen LogP contribution in [0.3, 0.4) is 0 Å². The minimum Gasteiger partial charge on any atom is -0.481 e. The van der Waals surface area contributed by atoms with Crippen LogP contribution in [0.25, 0.3) is 10.9 Å². The second-order valence-electron chi connectivity index (χ2n) is 5.83. The average Bonchev–Trinajstić information content (AvgIpc) is 3.08. The molecule has 1 aliphatic rings. The summed E-state index contributed by atoms with van der Waals surface area (Å²) in [4.78, 5) is 21.8. The Morgan fingerprint density at radius 2 is 2.04 bits per heavy atom. The minimum absolute atomic E-state index is 0.112. The Balaban J connectivity index is 1.76. The largest absolute Gasteiger partial charge is 0.481 e. The molecule has 0 atom stereocenters. The maximum Gasteiger partial charge on any atom is 0.256 e. The molecular formula is C19H17N3O2. The van der Waals surface area contributed by atoms with Gasteiger partial charge in [-0.2, -0.15) is 0 Å². The molecule has 1 N–H and O–H groups in total. The third kappa shape index (κ3) is 2.48. The summed E-state index contributed by atoms with van der Waals surface area (Å²) in [7, 11) is 1.56. The number of methoxy groups -OCH3 is 1. The molecule has 0 spiro atoms. The first-order valence-electron chi connectivity index (χ1n) is 7.98. The van der Waals surface area contributed by atoms with Crippen LogP contribution < -0.4 is 10.1 Å². The van der Waals surface area contributed by atoms with Gasteiger partial charge in [0.15, 0.2) is 0 Å². The number of benzene rings is 1. The van der Waals surface area contributed by atoms with Crippen molar-refractivity contribution in [1.82, 2.24) is 9.97 Å². The molecule has 1 aromatic carbocycles. The molecule has 1 aliphatic carbocycles. The highest BCUT2D eigenvalue weighted by Crippen LogP contribution is 2.30. The summed E-state index contributed by atoms with van der Waals surface area (Å²) in [5.74, 6) is 0.405. The van der Waals surface area contributed by atoms with Gasteiger partial charge in [-0.3, -0.25) is 9.78 Å². The number of rotatable bonds is 3. The molecule has 0 fully saturated rings. The second kappa shape index (κ2) is 5.92. The van der Waals surface area contributed by atoms with Crippen LogP contribution in [-0.4, -0.2) is 23.0 Å². The molecule has 5 heteroatoms. The first-order valence-corrected chi connectivity index (χ1v) is 7.98. The third-order valence-electron chi connectivity index (χ3n) is 4.35. The fourth-order valence-corrected chi connectivity index (χ4v) is 3.24. The van der Waals surface area contributed by atoms with Gasteiger partial charge in [0.05, 0.1) is 30.1 Å². The normalized spacial score (nSPS) is 12.9. The number of nitrogens with zero attached hydrogens (tertiary/aromatic N) is 2. The molecule has 24 heavy (non-hydrogen) atoms. The first kappa shape index (κ1) is 14.6. The number of carbonyl (C=O) groups excluding carboxylic acids is 1. The quantitative estimate of drug-likeness (QED) is 0.804. The zero-order valence-electron chi connectivity index (χ0n) is 13.4. The van der Waals surface area contributed by atoms with Crippen molar-refractivity contribution >= 4 is 22.5 Å². The maximum atomic E-state index is 12.9. The van der Waals surface area contributed by atoms with Gasteiger partial charge in [-0.05, 0) is 37.0 Å². The number of ether oxygens (including phenoxy) is 1. The number of carbonyl (C=O) groups is 1. The third-order valence-corrected chi connectivity index (χ3v) is 4.35. The van der Waals surface area contributed by atoms with Crippen LogP contribution in [0.4, 0.5) is 5.69 Å². The number of aryl methyl sites for hydroxylation is 1.